The van der Waals surface area contributed by atoms with Gasteiger partial charge in [-0.2, -0.15) is 0 Å². The third-order valence-corrected chi connectivity index (χ3v) is 2.72. The van der Waals surface area contributed by atoms with Gasteiger partial charge in [0.25, 0.3) is 0 Å². The topological polar surface area (TPSA) is 18.5 Å². The van der Waals surface area contributed by atoms with Gasteiger partial charge in [0, 0.05) is 0 Å². The second kappa shape index (κ2) is 3.76. The number of rotatable bonds is 1. The van der Waals surface area contributed by atoms with Gasteiger partial charge in [-0.1, -0.05) is 19.9 Å². The van der Waals surface area contributed by atoms with Crippen LogP contribution in [-0.2, 0) is 0 Å². The van der Waals surface area contributed by atoms with Crippen LogP contribution in [0.2, 0.25) is 0 Å². The maximum absolute atomic E-state index is 5.77. The van der Waals surface area contributed by atoms with Crippen LogP contribution in [0.5, 0.6) is 11.5 Å². The lowest BCUT2D eigenvalue weighted by molar-refractivity contribution is 0.103. The van der Waals surface area contributed by atoms with Gasteiger partial charge < -0.3 is 9.47 Å². The molecule has 0 fully saturated rings. The predicted octanol–water partition coefficient (Wildman–Crippen LogP) is 3.28. The Kier molecular flexibility index (Phi) is 2.59. The maximum Gasteiger partial charge on any atom is 0.164 e. The highest BCUT2D eigenvalue weighted by Crippen LogP contribution is 2.37. The van der Waals surface area contributed by atoms with E-state index in [2.05, 4.69) is 32.9 Å². The predicted molar refractivity (Wildman–Crippen MR) is 60.9 cm³/mol. The summed E-state index contributed by atoms with van der Waals surface area (Å²) in [6.07, 6.45) is 0.154. The molecule has 0 saturated carbocycles. The van der Waals surface area contributed by atoms with Crippen LogP contribution in [0, 0.1) is 6.92 Å². The minimum absolute atomic E-state index is 0.154. The Labute approximate surface area is 91.2 Å². The van der Waals surface area contributed by atoms with Gasteiger partial charge in [0.15, 0.2) is 11.5 Å². The average molecular weight is 206 g/mol. The number of aryl methyl sites for hydroxylation is 1. The smallest absolute Gasteiger partial charge is 0.164 e. The molecule has 82 valence electrons. The van der Waals surface area contributed by atoms with Crippen molar-refractivity contribution in [3.05, 3.63) is 23.3 Å². The molecule has 2 rings (SSSR count). The Morgan fingerprint density at radius 1 is 1.33 bits per heavy atom. The molecule has 0 saturated heterocycles. The molecule has 1 atom stereocenters. The molecular formula is C13H18O2. The fraction of sp³-hybridized carbons (Fsp3) is 0.538. The minimum Gasteiger partial charge on any atom is -0.486 e. The van der Waals surface area contributed by atoms with Crippen molar-refractivity contribution >= 4 is 0 Å². The molecule has 0 aliphatic carbocycles. The van der Waals surface area contributed by atoms with E-state index in [1.54, 1.807) is 0 Å². The van der Waals surface area contributed by atoms with Crippen LogP contribution in [0.1, 0.15) is 37.8 Å². The Morgan fingerprint density at radius 2 is 2.07 bits per heavy atom. The molecule has 1 aromatic rings. The zero-order valence-electron chi connectivity index (χ0n) is 9.83. The van der Waals surface area contributed by atoms with E-state index in [1.165, 1.54) is 11.1 Å². The van der Waals surface area contributed by atoms with Crippen molar-refractivity contribution in [3.8, 4) is 11.5 Å². The minimum atomic E-state index is 0.154. The van der Waals surface area contributed by atoms with Crippen LogP contribution in [0.25, 0.3) is 0 Å². The third-order valence-electron chi connectivity index (χ3n) is 2.72. The van der Waals surface area contributed by atoms with Crippen LogP contribution >= 0.6 is 0 Å². The van der Waals surface area contributed by atoms with E-state index in [-0.39, 0.29) is 6.10 Å². The maximum atomic E-state index is 5.77. The van der Waals surface area contributed by atoms with E-state index in [1.807, 2.05) is 6.92 Å². The van der Waals surface area contributed by atoms with Crippen molar-refractivity contribution in [2.24, 2.45) is 0 Å². The number of hydrogen-bond donors (Lipinski definition) is 0. The first kappa shape index (κ1) is 10.3. The number of fused-ring (bicyclic) bond motifs is 1. The molecular weight excluding hydrogens is 188 g/mol. The van der Waals surface area contributed by atoms with Crippen molar-refractivity contribution in [1.82, 2.24) is 0 Å². The molecule has 15 heavy (non-hydrogen) atoms. The SMILES string of the molecule is Cc1cc(C(C)C)cc2c1OC(C)CO2. The van der Waals surface area contributed by atoms with Gasteiger partial charge in [0.05, 0.1) is 0 Å². The number of benzene rings is 1. The molecule has 1 heterocycles. The molecule has 1 unspecified atom stereocenters. The van der Waals surface area contributed by atoms with E-state index < -0.39 is 0 Å². The summed E-state index contributed by atoms with van der Waals surface area (Å²) in [5.41, 5.74) is 2.48. The first-order chi connectivity index (χ1) is 7.08. The Morgan fingerprint density at radius 3 is 2.73 bits per heavy atom. The molecule has 1 aromatic carbocycles. The van der Waals surface area contributed by atoms with Crippen molar-refractivity contribution < 1.29 is 9.47 Å². The quantitative estimate of drug-likeness (QED) is 0.702. The highest BCUT2D eigenvalue weighted by molar-refractivity contribution is 5.50. The average Bonchev–Trinajstić information content (AvgIpc) is 2.18. The van der Waals surface area contributed by atoms with Crippen molar-refractivity contribution in [2.45, 2.75) is 39.7 Å². The molecule has 0 aromatic heterocycles. The zero-order chi connectivity index (χ0) is 11.0. The van der Waals surface area contributed by atoms with Gasteiger partial charge in [0.1, 0.15) is 12.7 Å². The third kappa shape index (κ3) is 1.94. The largest absolute Gasteiger partial charge is 0.486 e. The highest BCUT2D eigenvalue weighted by atomic mass is 16.6. The van der Waals surface area contributed by atoms with Gasteiger partial charge in [-0.15, -0.1) is 0 Å². The Hall–Kier alpha value is -1.18. The number of ether oxygens (including phenoxy) is 2. The molecule has 0 amide bonds. The van der Waals surface area contributed by atoms with Crippen LogP contribution in [-0.4, -0.2) is 12.7 Å². The van der Waals surface area contributed by atoms with Gasteiger partial charge in [-0.25, -0.2) is 0 Å². The Bertz CT molecular complexity index is 369. The lowest BCUT2D eigenvalue weighted by atomic mass is 10.00. The summed E-state index contributed by atoms with van der Waals surface area (Å²) in [5, 5.41) is 0. The monoisotopic (exact) mass is 206 g/mol. The molecule has 0 bridgehead atoms. The molecule has 2 heteroatoms. The van der Waals surface area contributed by atoms with Crippen LogP contribution in [0.4, 0.5) is 0 Å². The van der Waals surface area contributed by atoms with Gasteiger partial charge in [-0.3, -0.25) is 0 Å². The lowest BCUT2D eigenvalue weighted by Gasteiger charge is -2.26. The van der Waals surface area contributed by atoms with E-state index in [4.69, 9.17) is 9.47 Å². The zero-order valence-corrected chi connectivity index (χ0v) is 9.83. The summed E-state index contributed by atoms with van der Waals surface area (Å²) in [6.45, 7) is 9.12. The summed E-state index contributed by atoms with van der Waals surface area (Å²) in [7, 11) is 0. The van der Waals surface area contributed by atoms with Crippen molar-refractivity contribution in [2.75, 3.05) is 6.61 Å². The molecule has 0 radical (unpaired) electrons. The highest BCUT2D eigenvalue weighted by Gasteiger charge is 2.20. The van der Waals surface area contributed by atoms with Crippen LogP contribution < -0.4 is 9.47 Å². The van der Waals surface area contributed by atoms with Crippen LogP contribution in [0.15, 0.2) is 12.1 Å². The van der Waals surface area contributed by atoms with E-state index >= 15 is 0 Å². The Balaban J connectivity index is 2.43. The van der Waals surface area contributed by atoms with Crippen molar-refractivity contribution in [3.63, 3.8) is 0 Å². The van der Waals surface area contributed by atoms with E-state index in [9.17, 15) is 0 Å². The van der Waals surface area contributed by atoms with E-state index in [0.29, 0.717) is 12.5 Å². The summed E-state index contributed by atoms with van der Waals surface area (Å²) >= 11 is 0. The van der Waals surface area contributed by atoms with E-state index in [0.717, 1.165) is 11.5 Å². The molecule has 0 spiro atoms. The van der Waals surface area contributed by atoms with Crippen molar-refractivity contribution in [1.29, 1.82) is 0 Å². The first-order valence-corrected chi connectivity index (χ1v) is 5.52. The normalized spacial score (nSPS) is 19.4. The summed E-state index contributed by atoms with van der Waals surface area (Å²) in [4.78, 5) is 0. The second-order valence-electron chi connectivity index (χ2n) is 4.56. The lowest BCUT2D eigenvalue weighted by Crippen LogP contribution is -2.26. The summed E-state index contributed by atoms with van der Waals surface area (Å²) < 4.78 is 11.5. The van der Waals surface area contributed by atoms with Gasteiger partial charge in [0.2, 0.25) is 0 Å². The molecule has 0 N–H and O–H groups in total. The molecule has 2 nitrogen and oxygen atoms in total. The fourth-order valence-electron chi connectivity index (χ4n) is 1.80. The fourth-order valence-corrected chi connectivity index (χ4v) is 1.80. The molecule has 1 aliphatic heterocycles. The second-order valence-corrected chi connectivity index (χ2v) is 4.56. The summed E-state index contributed by atoms with van der Waals surface area (Å²) in [5.74, 6) is 2.34. The van der Waals surface area contributed by atoms with Gasteiger partial charge in [-0.05, 0) is 37.0 Å². The van der Waals surface area contributed by atoms with Gasteiger partial charge >= 0.3 is 0 Å². The first-order valence-electron chi connectivity index (χ1n) is 5.52. The number of hydrogen-bond acceptors (Lipinski definition) is 2. The van der Waals surface area contributed by atoms with Crippen LogP contribution in [0.3, 0.4) is 0 Å². The summed E-state index contributed by atoms with van der Waals surface area (Å²) in [6, 6.07) is 4.28. The molecule has 1 aliphatic rings. The standard InChI is InChI=1S/C13H18O2/c1-8(2)11-5-9(3)13-12(6-11)14-7-10(4)15-13/h5-6,8,10H,7H2,1-4H3.